The lowest BCUT2D eigenvalue weighted by Crippen LogP contribution is -2.09. The van der Waals surface area contributed by atoms with Crippen LogP contribution >= 0.6 is 11.3 Å². The number of nitrogens with zero attached hydrogens (tertiary/aromatic N) is 3. The topological polar surface area (TPSA) is 21.1 Å². The van der Waals surface area contributed by atoms with Gasteiger partial charge in [-0.3, -0.25) is 0 Å². The molecule has 0 saturated carbocycles. The van der Waals surface area contributed by atoms with Gasteiger partial charge >= 0.3 is 0 Å². The molecule has 53 heavy (non-hydrogen) atoms. The fourth-order valence-electron chi connectivity index (χ4n) is 8.18. The van der Waals surface area contributed by atoms with Crippen LogP contribution in [0.2, 0.25) is 0 Å². The summed E-state index contributed by atoms with van der Waals surface area (Å²) in [7, 11) is 0. The molecule has 3 nitrogen and oxygen atoms in total. The van der Waals surface area contributed by atoms with E-state index in [4.69, 9.17) is 4.98 Å². The van der Waals surface area contributed by atoms with Crippen LogP contribution in [0.3, 0.4) is 0 Å². The molecule has 0 atom stereocenters. The molecule has 0 amide bonds. The second kappa shape index (κ2) is 11.9. The molecular weight excluding hydrogens is 663 g/mol. The zero-order valence-corrected chi connectivity index (χ0v) is 29.5. The largest absolute Gasteiger partial charge is 0.310 e. The van der Waals surface area contributed by atoms with Crippen LogP contribution in [0.15, 0.2) is 188 Å². The number of aromatic nitrogens is 2. The molecule has 0 fully saturated rings. The Hall–Kier alpha value is -6.75. The molecule has 4 heteroatoms. The van der Waals surface area contributed by atoms with E-state index in [0.717, 1.165) is 39.5 Å². The Morgan fingerprint density at radius 2 is 1.06 bits per heavy atom. The molecule has 11 aromatic rings. The Morgan fingerprint density at radius 1 is 0.434 bits per heavy atom. The lowest BCUT2D eigenvalue weighted by molar-refractivity contribution is 1.18. The lowest BCUT2D eigenvalue weighted by atomic mass is 9.98. The number of para-hydroxylation sites is 4. The first kappa shape index (κ1) is 29.9. The first-order chi connectivity index (χ1) is 26.3. The summed E-state index contributed by atoms with van der Waals surface area (Å²) >= 11 is 1.88. The van der Waals surface area contributed by atoms with Crippen LogP contribution in [0.5, 0.6) is 0 Å². The molecule has 0 bridgehead atoms. The highest BCUT2D eigenvalue weighted by Crippen LogP contribution is 2.44. The van der Waals surface area contributed by atoms with Crippen molar-refractivity contribution < 1.29 is 0 Å². The Labute approximate surface area is 310 Å². The Bertz CT molecular complexity index is 3160. The predicted octanol–water partition coefficient (Wildman–Crippen LogP) is 14.0. The second-order valence-corrected chi connectivity index (χ2v) is 14.6. The van der Waals surface area contributed by atoms with Crippen LogP contribution in [-0.2, 0) is 0 Å². The van der Waals surface area contributed by atoms with E-state index in [0.29, 0.717) is 0 Å². The average molecular weight is 694 g/mol. The molecular formula is C49H31N3S. The molecule has 0 N–H and O–H groups in total. The van der Waals surface area contributed by atoms with Crippen molar-refractivity contribution in [3.8, 4) is 16.9 Å². The highest BCUT2D eigenvalue weighted by Gasteiger charge is 2.19. The van der Waals surface area contributed by atoms with Gasteiger partial charge in [0.1, 0.15) is 0 Å². The minimum atomic E-state index is 1.01. The van der Waals surface area contributed by atoms with Crippen molar-refractivity contribution in [3.63, 3.8) is 0 Å². The van der Waals surface area contributed by atoms with Crippen LogP contribution in [0, 0.1) is 0 Å². The Morgan fingerprint density at radius 3 is 1.89 bits per heavy atom. The number of anilines is 3. The summed E-state index contributed by atoms with van der Waals surface area (Å²) in [5, 5.41) is 8.72. The summed E-state index contributed by atoms with van der Waals surface area (Å²) in [6, 6.07) is 67.6. The van der Waals surface area contributed by atoms with Crippen molar-refractivity contribution in [3.05, 3.63) is 188 Å². The van der Waals surface area contributed by atoms with Crippen LogP contribution in [-0.4, -0.2) is 9.55 Å². The van der Waals surface area contributed by atoms with Gasteiger partial charge in [0.05, 0.1) is 22.2 Å². The van der Waals surface area contributed by atoms with E-state index in [1.54, 1.807) is 0 Å². The maximum absolute atomic E-state index is 5.30. The summed E-state index contributed by atoms with van der Waals surface area (Å²) in [6.07, 6.45) is 0. The minimum Gasteiger partial charge on any atom is -0.310 e. The summed E-state index contributed by atoms with van der Waals surface area (Å²) < 4.78 is 4.99. The number of hydrogen-bond donors (Lipinski definition) is 0. The molecule has 0 aliphatic heterocycles. The molecule has 0 unspecified atom stereocenters. The molecule has 8 aromatic carbocycles. The number of pyridine rings is 1. The third-order valence-corrected chi connectivity index (χ3v) is 11.8. The fraction of sp³-hybridized carbons (Fsp3) is 0. The summed E-state index contributed by atoms with van der Waals surface area (Å²) in [5.74, 6) is 0. The van der Waals surface area contributed by atoms with Crippen LogP contribution in [0.1, 0.15) is 0 Å². The Kier molecular flexibility index (Phi) is 6.73. The number of benzene rings is 8. The van der Waals surface area contributed by atoms with Gasteiger partial charge in [-0.1, -0.05) is 115 Å². The average Bonchev–Trinajstić information content (AvgIpc) is 3.77. The van der Waals surface area contributed by atoms with Crippen molar-refractivity contribution in [1.29, 1.82) is 0 Å². The van der Waals surface area contributed by atoms with Gasteiger partial charge in [0.2, 0.25) is 0 Å². The highest BCUT2D eigenvalue weighted by molar-refractivity contribution is 7.26. The van der Waals surface area contributed by atoms with Crippen LogP contribution in [0.25, 0.3) is 80.6 Å². The maximum Gasteiger partial charge on any atom is 0.0788 e. The monoisotopic (exact) mass is 693 g/mol. The normalized spacial score (nSPS) is 11.8. The van der Waals surface area contributed by atoms with Crippen molar-refractivity contribution in [1.82, 2.24) is 9.55 Å². The van der Waals surface area contributed by atoms with Gasteiger partial charge in [0.25, 0.3) is 0 Å². The quantitative estimate of drug-likeness (QED) is 0.167. The van der Waals surface area contributed by atoms with Gasteiger partial charge in [-0.15, -0.1) is 11.3 Å². The van der Waals surface area contributed by atoms with E-state index in [-0.39, 0.29) is 0 Å². The third-order valence-electron chi connectivity index (χ3n) is 10.5. The van der Waals surface area contributed by atoms with E-state index in [1.165, 1.54) is 58.1 Å². The van der Waals surface area contributed by atoms with Gasteiger partial charge in [0, 0.05) is 75.4 Å². The summed E-state index contributed by atoms with van der Waals surface area (Å²) in [5.41, 5.74) is 9.95. The van der Waals surface area contributed by atoms with E-state index < -0.39 is 0 Å². The zero-order chi connectivity index (χ0) is 34.9. The second-order valence-electron chi connectivity index (χ2n) is 13.5. The molecule has 0 aliphatic carbocycles. The molecule has 0 radical (unpaired) electrons. The van der Waals surface area contributed by atoms with Crippen molar-refractivity contribution in [2.24, 2.45) is 0 Å². The van der Waals surface area contributed by atoms with Crippen molar-refractivity contribution >= 4 is 92.1 Å². The molecule has 0 aliphatic rings. The molecule has 248 valence electrons. The molecule has 3 heterocycles. The maximum atomic E-state index is 5.30. The molecule has 0 spiro atoms. The van der Waals surface area contributed by atoms with E-state index in [9.17, 15) is 0 Å². The number of thiophene rings is 1. The smallest absolute Gasteiger partial charge is 0.0788 e. The van der Waals surface area contributed by atoms with Gasteiger partial charge in [-0.25, -0.2) is 4.98 Å². The number of rotatable bonds is 5. The zero-order valence-electron chi connectivity index (χ0n) is 28.6. The SMILES string of the molecule is c1ccc(N(c2ccc(-c3nc4ccccc4c4c3ccc3c5ccccc5sc34)cc2)c2ccc3c(c2)c2ccccc2n3-c2ccccc2)cc1. The summed E-state index contributed by atoms with van der Waals surface area (Å²) in [4.78, 5) is 7.66. The molecule has 11 rings (SSSR count). The lowest BCUT2D eigenvalue weighted by Gasteiger charge is -2.26. The first-order valence-corrected chi connectivity index (χ1v) is 18.8. The first-order valence-electron chi connectivity index (χ1n) is 18.0. The highest BCUT2D eigenvalue weighted by atomic mass is 32.1. The van der Waals surface area contributed by atoms with Crippen molar-refractivity contribution in [2.75, 3.05) is 4.90 Å². The van der Waals surface area contributed by atoms with Crippen molar-refractivity contribution in [2.45, 2.75) is 0 Å². The van der Waals surface area contributed by atoms with E-state index in [2.05, 4.69) is 198 Å². The Balaban J connectivity index is 1.08. The standard InChI is InChI=1S/C49H31N3S/c1-3-13-33(14-4-1)51(36-27-30-45-42(31-36)37-17-8-11-21-44(37)52(45)34-15-5-2-6-16-34)35-25-23-32(24-26-35)48-41-29-28-39-38-18-9-12-22-46(38)53-49(39)47(41)40-19-7-10-20-43(40)50-48/h1-31H. The van der Waals surface area contributed by atoms with E-state index in [1.807, 2.05) is 11.3 Å². The summed E-state index contributed by atoms with van der Waals surface area (Å²) in [6.45, 7) is 0. The van der Waals surface area contributed by atoms with Gasteiger partial charge in [0.15, 0.2) is 0 Å². The molecule has 0 saturated heterocycles. The molecule has 3 aromatic heterocycles. The predicted molar refractivity (Wildman–Crippen MR) is 227 cm³/mol. The van der Waals surface area contributed by atoms with Gasteiger partial charge in [-0.05, 0) is 72.8 Å². The van der Waals surface area contributed by atoms with E-state index >= 15 is 0 Å². The van der Waals surface area contributed by atoms with Gasteiger partial charge in [-0.2, -0.15) is 0 Å². The fourth-order valence-corrected chi connectivity index (χ4v) is 9.45. The van der Waals surface area contributed by atoms with Crippen LogP contribution in [0.4, 0.5) is 17.1 Å². The van der Waals surface area contributed by atoms with Crippen LogP contribution < -0.4 is 4.90 Å². The minimum absolute atomic E-state index is 1.01. The number of fused-ring (bicyclic) bond motifs is 10. The van der Waals surface area contributed by atoms with Gasteiger partial charge < -0.3 is 9.47 Å². The third kappa shape index (κ3) is 4.70. The number of hydrogen-bond acceptors (Lipinski definition) is 3.